The molecule has 2 unspecified atom stereocenters. The fourth-order valence-electron chi connectivity index (χ4n) is 4.93. The van der Waals surface area contributed by atoms with Gasteiger partial charge in [-0.25, -0.2) is 4.39 Å². The highest BCUT2D eigenvalue weighted by Gasteiger charge is 2.35. The van der Waals surface area contributed by atoms with E-state index in [0.29, 0.717) is 31.1 Å². The monoisotopic (exact) mass is 476 g/mol. The van der Waals surface area contributed by atoms with Gasteiger partial charge in [0.25, 0.3) is 11.8 Å². The van der Waals surface area contributed by atoms with Crippen molar-refractivity contribution >= 4 is 23.4 Å². The Hall–Kier alpha value is -2.45. The first-order valence-corrected chi connectivity index (χ1v) is 11.8. The molecular formula is C24H30ClFN4O3. The first-order chi connectivity index (χ1) is 15.8. The van der Waals surface area contributed by atoms with Crippen molar-refractivity contribution in [2.24, 2.45) is 7.05 Å². The Bertz CT molecular complexity index is 1020. The van der Waals surface area contributed by atoms with Crippen molar-refractivity contribution in [2.45, 2.75) is 56.6 Å². The molecule has 1 saturated carbocycles. The average molecular weight is 477 g/mol. The van der Waals surface area contributed by atoms with E-state index in [4.69, 9.17) is 11.6 Å². The second kappa shape index (κ2) is 9.81. The molecule has 2 amide bonds. The molecule has 1 aliphatic carbocycles. The van der Waals surface area contributed by atoms with Crippen molar-refractivity contribution in [3.8, 4) is 0 Å². The normalized spacial score (nSPS) is 19.8. The molecule has 7 nitrogen and oxygen atoms in total. The minimum absolute atomic E-state index is 0.123. The van der Waals surface area contributed by atoms with Crippen molar-refractivity contribution in [2.75, 3.05) is 20.1 Å². The van der Waals surface area contributed by atoms with Gasteiger partial charge in [-0.1, -0.05) is 30.5 Å². The molecule has 2 fully saturated rings. The second-order valence-corrected chi connectivity index (χ2v) is 9.53. The number of nitrogens with zero attached hydrogens (tertiary/aromatic N) is 4. The van der Waals surface area contributed by atoms with Gasteiger partial charge >= 0.3 is 0 Å². The Morgan fingerprint density at radius 3 is 2.73 bits per heavy atom. The van der Waals surface area contributed by atoms with Crippen molar-refractivity contribution in [3.05, 3.63) is 52.1 Å². The maximum Gasteiger partial charge on any atom is 0.272 e. The third-order valence-corrected chi connectivity index (χ3v) is 7.33. The Balaban J connectivity index is 1.38. The quantitative estimate of drug-likeness (QED) is 0.694. The summed E-state index contributed by atoms with van der Waals surface area (Å²) in [7, 11) is 3.52. The van der Waals surface area contributed by atoms with Crippen molar-refractivity contribution in [1.82, 2.24) is 19.6 Å². The van der Waals surface area contributed by atoms with E-state index in [0.717, 1.165) is 18.5 Å². The number of halogens is 2. The Morgan fingerprint density at radius 2 is 2.03 bits per heavy atom. The lowest BCUT2D eigenvalue weighted by Crippen LogP contribution is -2.43. The van der Waals surface area contributed by atoms with Gasteiger partial charge in [0.15, 0.2) is 0 Å². The van der Waals surface area contributed by atoms with Crippen LogP contribution in [0.25, 0.3) is 0 Å². The number of aromatic nitrogens is 2. The number of aliphatic hydroxyl groups is 1. The third kappa shape index (κ3) is 4.92. The third-order valence-electron chi connectivity index (χ3n) is 6.98. The van der Waals surface area contributed by atoms with E-state index in [1.54, 1.807) is 23.7 Å². The van der Waals surface area contributed by atoms with Gasteiger partial charge in [-0.3, -0.25) is 14.3 Å². The maximum atomic E-state index is 14.0. The highest BCUT2D eigenvalue weighted by molar-refractivity contribution is 6.31. The molecule has 1 aromatic heterocycles. The van der Waals surface area contributed by atoms with Crippen LogP contribution in [0.5, 0.6) is 0 Å². The second-order valence-electron chi connectivity index (χ2n) is 9.12. The molecule has 1 aromatic carbocycles. The van der Waals surface area contributed by atoms with Gasteiger partial charge in [-0.05, 0) is 37.5 Å². The molecule has 1 N–H and O–H groups in total. The van der Waals surface area contributed by atoms with Crippen LogP contribution >= 0.6 is 11.6 Å². The fraction of sp³-hybridized carbons (Fsp3) is 0.542. The molecule has 2 aliphatic rings. The van der Waals surface area contributed by atoms with E-state index in [9.17, 15) is 19.1 Å². The number of likely N-dealkylation sites (tertiary alicyclic amines) is 1. The topological polar surface area (TPSA) is 78.7 Å². The van der Waals surface area contributed by atoms with E-state index in [1.165, 1.54) is 35.9 Å². The zero-order valence-corrected chi connectivity index (χ0v) is 19.8. The number of hydrogen-bond acceptors (Lipinski definition) is 4. The summed E-state index contributed by atoms with van der Waals surface area (Å²) in [6.45, 7) is 0.734. The van der Waals surface area contributed by atoms with Gasteiger partial charge in [0, 0.05) is 50.1 Å². The van der Waals surface area contributed by atoms with Gasteiger partial charge in [-0.15, -0.1) is 0 Å². The van der Waals surface area contributed by atoms with Crippen LogP contribution < -0.4 is 0 Å². The van der Waals surface area contributed by atoms with Gasteiger partial charge in [-0.2, -0.15) is 5.10 Å². The van der Waals surface area contributed by atoms with Gasteiger partial charge < -0.3 is 14.9 Å². The van der Waals surface area contributed by atoms with E-state index in [2.05, 4.69) is 5.10 Å². The number of carbonyl (C=O) groups is 2. The zero-order valence-electron chi connectivity index (χ0n) is 19.0. The molecule has 0 bridgehead atoms. The first-order valence-electron chi connectivity index (χ1n) is 11.5. The molecule has 1 saturated heterocycles. The molecule has 178 valence electrons. The first kappa shape index (κ1) is 23.7. The number of carbonyl (C=O) groups excluding carboxylic acids is 2. The van der Waals surface area contributed by atoms with Crippen molar-refractivity contribution in [3.63, 3.8) is 0 Å². The molecule has 33 heavy (non-hydrogen) atoms. The fourth-order valence-corrected chi connectivity index (χ4v) is 5.17. The van der Waals surface area contributed by atoms with Gasteiger partial charge in [0.05, 0.1) is 11.7 Å². The number of aryl methyl sites for hydroxylation is 1. The lowest BCUT2D eigenvalue weighted by Gasteiger charge is -2.25. The van der Waals surface area contributed by atoms with Crippen LogP contribution in [0.15, 0.2) is 24.3 Å². The lowest BCUT2D eigenvalue weighted by molar-refractivity contribution is -0.139. The summed E-state index contributed by atoms with van der Waals surface area (Å²) in [5, 5.41) is 15.2. The van der Waals surface area contributed by atoms with Gasteiger partial charge in [0.2, 0.25) is 0 Å². The lowest BCUT2D eigenvalue weighted by atomic mass is 10.0. The summed E-state index contributed by atoms with van der Waals surface area (Å²) in [6.07, 6.45) is 3.64. The van der Waals surface area contributed by atoms with Crippen LogP contribution in [0.2, 0.25) is 5.02 Å². The molecule has 2 aromatic rings. The highest BCUT2D eigenvalue weighted by Crippen LogP contribution is 2.33. The highest BCUT2D eigenvalue weighted by atomic mass is 35.5. The number of hydrogen-bond donors (Lipinski definition) is 1. The largest absolute Gasteiger partial charge is 0.383 e. The van der Waals surface area contributed by atoms with Crippen LogP contribution in [0.1, 0.15) is 59.8 Å². The summed E-state index contributed by atoms with van der Waals surface area (Å²) < 4.78 is 15.7. The van der Waals surface area contributed by atoms with Crippen LogP contribution in [-0.2, 0) is 18.3 Å². The van der Waals surface area contributed by atoms with E-state index >= 15 is 0 Å². The summed E-state index contributed by atoms with van der Waals surface area (Å²) in [5.74, 6) is -0.742. The smallest absolute Gasteiger partial charge is 0.272 e. The predicted molar refractivity (Wildman–Crippen MR) is 123 cm³/mol. The summed E-state index contributed by atoms with van der Waals surface area (Å²) in [5.41, 5.74) is 1.64. The number of rotatable bonds is 6. The van der Waals surface area contributed by atoms with Crippen molar-refractivity contribution < 1.29 is 19.1 Å². The predicted octanol–water partition coefficient (Wildman–Crippen LogP) is 3.15. The molecule has 2 heterocycles. The molecule has 0 spiro atoms. The number of likely N-dealkylation sites (N-methyl/N-ethyl adjacent to an activating group) is 1. The molecule has 4 rings (SSSR count). The minimum Gasteiger partial charge on any atom is -0.383 e. The number of benzene rings is 1. The van der Waals surface area contributed by atoms with Crippen LogP contribution in [-0.4, -0.2) is 68.8 Å². The standard InChI is InChI=1S/C24H30ClFN4O3/c1-28(23(32)21-13-20(27-29(21)2)15-6-3-4-7-15)16-10-11-30(14-16)24(33)22(31)12-17-18(25)8-5-9-19(17)26/h5,8-9,13,15-16,22,31H,3-4,6-7,10-12,14H2,1-2H3. The minimum atomic E-state index is -1.40. The Morgan fingerprint density at radius 1 is 1.30 bits per heavy atom. The Kier molecular flexibility index (Phi) is 7.05. The van der Waals surface area contributed by atoms with Crippen LogP contribution in [0.3, 0.4) is 0 Å². The number of amides is 2. The summed E-state index contributed by atoms with van der Waals surface area (Å²) in [6, 6.07) is 5.98. The number of aliphatic hydroxyl groups excluding tert-OH is 1. The summed E-state index contributed by atoms with van der Waals surface area (Å²) >= 11 is 6.02. The van der Waals surface area contributed by atoms with Crippen molar-refractivity contribution in [1.29, 1.82) is 0 Å². The van der Waals surface area contributed by atoms with E-state index < -0.39 is 17.8 Å². The molecule has 0 radical (unpaired) electrons. The molecular weight excluding hydrogens is 447 g/mol. The van der Waals surface area contributed by atoms with Gasteiger partial charge in [0.1, 0.15) is 17.6 Å². The molecule has 9 heteroatoms. The Labute approximate surface area is 198 Å². The molecule has 1 aliphatic heterocycles. The van der Waals surface area contributed by atoms with E-state index in [-0.39, 0.29) is 29.0 Å². The summed E-state index contributed by atoms with van der Waals surface area (Å²) in [4.78, 5) is 29.1. The SMILES string of the molecule is CN(C(=O)c1cc(C2CCCC2)nn1C)C1CCN(C(=O)C(O)Cc2c(F)cccc2Cl)C1. The molecule has 2 atom stereocenters. The van der Waals surface area contributed by atoms with E-state index in [1.807, 2.05) is 6.07 Å². The average Bonchev–Trinajstić information content (AvgIpc) is 3.55. The van der Waals surface area contributed by atoms with Crippen LogP contribution in [0.4, 0.5) is 4.39 Å². The maximum absolute atomic E-state index is 14.0. The van der Waals surface area contributed by atoms with Crippen LogP contribution in [0, 0.1) is 5.82 Å². The zero-order chi connectivity index (χ0) is 23.7.